The Kier molecular flexibility index (Phi) is 4.08. The molecule has 1 aromatic carbocycles. The van der Waals surface area contributed by atoms with E-state index in [9.17, 15) is 18.0 Å². The topological polar surface area (TPSA) is 29.4 Å². The fraction of sp³-hybridized carbons (Fsp3) is 0.222. The molecule has 0 fully saturated rings. The van der Waals surface area contributed by atoms with Crippen LogP contribution in [-0.4, -0.2) is 35.2 Å². The van der Waals surface area contributed by atoms with Crippen molar-refractivity contribution in [2.45, 2.75) is 13.1 Å². The Bertz CT molecular complexity index is 401. The quantitative estimate of drug-likeness (QED) is 0.646. The molecule has 0 saturated heterocycles. The fourth-order valence-corrected chi connectivity index (χ4v) is 3.54. The summed E-state index contributed by atoms with van der Waals surface area (Å²) < 4.78 is 39.5. The normalized spacial score (nSPS) is 12.0. The standard InChI is InChI=1S/C7H7.C2F3NO.Bi/c1-7-5-3-2-4-6-7;3-2(4,5)1(6)7;/h2-5H,1H3;;. The van der Waals surface area contributed by atoms with Gasteiger partial charge in [-0.15, -0.1) is 0 Å². The van der Waals surface area contributed by atoms with E-state index in [-0.39, 0.29) is 0 Å². The van der Waals surface area contributed by atoms with Crippen molar-refractivity contribution in [2.24, 2.45) is 2.87 Å². The van der Waals surface area contributed by atoms with E-state index in [2.05, 4.69) is 2.87 Å². The van der Waals surface area contributed by atoms with Crippen LogP contribution in [0.4, 0.5) is 13.2 Å². The molecule has 2 nitrogen and oxygen atoms in total. The first-order valence-corrected chi connectivity index (χ1v) is 7.29. The first-order chi connectivity index (χ1) is 6.91. The van der Waals surface area contributed by atoms with Crippen LogP contribution in [0.2, 0.25) is 0 Å². The molecule has 0 N–H and O–H groups in total. The molecule has 6 heteroatoms. The molecule has 0 unspecified atom stereocenters. The summed E-state index contributed by atoms with van der Waals surface area (Å²) in [6.45, 7) is 1.80. The summed E-state index contributed by atoms with van der Waals surface area (Å²) >= 11 is -1.90. The molecule has 15 heavy (non-hydrogen) atoms. The summed E-state index contributed by atoms with van der Waals surface area (Å²) in [5.41, 5.74) is 0.896. The fourth-order valence-electron chi connectivity index (χ4n) is 0.832. The van der Waals surface area contributed by atoms with Crippen LogP contribution in [0.15, 0.2) is 27.1 Å². The van der Waals surface area contributed by atoms with E-state index in [0.717, 1.165) is 8.83 Å². The van der Waals surface area contributed by atoms with E-state index in [1.165, 1.54) is 0 Å². The average Bonchev–Trinajstić information content (AvgIpc) is 2.14. The van der Waals surface area contributed by atoms with E-state index in [0.29, 0.717) is 0 Å². The van der Waals surface area contributed by atoms with Crippen LogP contribution in [0.1, 0.15) is 5.56 Å². The Morgan fingerprint density at radius 1 is 1.33 bits per heavy atom. The van der Waals surface area contributed by atoms with Gasteiger partial charge >= 0.3 is 96.0 Å². The van der Waals surface area contributed by atoms with Gasteiger partial charge in [0.05, 0.1) is 0 Å². The summed E-state index contributed by atoms with van der Waals surface area (Å²) in [6.07, 6.45) is -4.83. The number of amides is 1. The number of carbonyl (C=O) groups excluding carboxylic acids is 1. The number of halogens is 3. The molecule has 1 aromatic rings. The minimum absolute atomic E-state index is 0.801. The van der Waals surface area contributed by atoms with Crippen LogP contribution < -0.4 is 3.27 Å². The molecule has 0 aliphatic heterocycles. The van der Waals surface area contributed by atoms with Crippen LogP contribution in [-0.2, 0) is 4.79 Å². The van der Waals surface area contributed by atoms with Gasteiger partial charge in [0.25, 0.3) is 0 Å². The molecule has 0 radical (unpaired) electrons. The molecule has 0 bridgehead atoms. The average molecular weight is 411 g/mol. The number of hydrogen-bond donors (Lipinski definition) is 0. The predicted octanol–water partition coefficient (Wildman–Crippen LogP) is 1.60. The van der Waals surface area contributed by atoms with E-state index in [4.69, 9.17) is 0 Å². The third-order valence-electron chi connectivity index (χ3n) is 1.61. The monoisotopic (exact) mass is 411 g/mol. The van der Waals surface area contributed by atoms with E-state index >= 15 is 0 Å². The second kappa shape index (κ2) is 4.93. The number of carbonyl (C=O) groups is 1. The molecule has 0 aliphatic carbocycles. The first kappa shape index (κ1) is 12.4. The minimum atomic E-state index is -4.83. The zero-order valence-electron chi connectivity index (χ0n) is 7.75. The van der Waals surface area contributed by atoms with Gasteiger partial charge in [-0.1, -0.05) is 0 Å². The second-order valence-corrected chi connectivity index (χ2v) is 6.22. The number of hydrogen-bond acceptors (Lipinski definition) is 1. The Morgan fingerprint density at radius 2 is 1.93 bits per heavy atom. The van der Waals surface area contributed by atoms with Crippen LogP contribution in [0.3, 0.4) is 0 Å². The molecule has 0 heterocycles. The van der Waals surface area contributed by atoms with E-state index in [1.807, 2.05) is 0 Å². The summed E-state index contributed by atoms with van der Waals surface area (Å²) in [5, 5.41) is 0. The molecule has 0 aromatic heterocycles. The molecule has 1 rings (SSSR count). The van der Waals surface area contributed by atoms with Crippen molar-refractivity contribution in [2.75, 3.05) is 0 Å². The van der Waals surface area contributed by atoms with Crippen LogP contribution in [0.25, 0.3) is 0 Å². The van der Waals surface area contributed by atoms with Crippen molar-refractivity contribution < 1.29 is 18.0 Å². The van der Waals surface area contributed by atoms with Gasteiger partial charge in [-0.2, -0.15) is 0 Å². The summed E-state index contributed by atoms with van der Waals surface area (Å²) in [7, 11) is 0. The molecule has 0 aliphatic rings. The van der Waals surface area contributed by atoms with Crippen LogP contribution >= 0.6 is 0 Å². The van der Waals surface area contributed by atoms with Gasteiger partial charge in [0.2, 0.25) is 0 Å². The van der Waals surface area contributed by atoms with Gasteiger partial charge in [-0.3, -0.25) is 0 Å². The SMILES string of the molecule is Cc1cccc[c]1[Bi]=[N]C(=O)C(F)(F)F. The first-order valence-electron chi connectivity index (χ1n) is 4.00. The Hall–Kier alpha value is -0.637. The number of alkyl halides is 3. The Labute approximate surface area is 96.0 Å². The van der Waals surface area contributed by atoms with Gasteiger partial charge < -0.3 is 0 Å². The van der Waals surface area contributed by atoms with Crippen molar-refractivity contribution in [3.8, 4) is 0 Å². The summed E-state index contributed by atoms with van der Waals surface area (Å²) in [5.74, 6) is -1.96. The van der Waals surface area contributed by atoms with Crippen molar-refractivity contribution in [1.29, 1.82) is 0 Å². The third-order valence-corrected chi connectivity index (χ3v) is 5.49. The third kappa shape index (κ3) is 3.78. The molecular weight excluding hydrogens is 404 g/mol. The van der Waals surface area contributed by atoms with Crippen molar-refractivity contribution in [3.05, 3.63) is 29.8 Å². The number of benzene rings is 1. The Morgan fingerprint density at radius 3 is 2.47 bits per heavy atom. The van der Waals surface area contributed by atoms with Gasteiger partial charge in [0.1, 0.15) is 0 Å². The van der Waals surface area contributed by atoms with E-state index in [1.54, 1.807) is 31.2 Å². The van der Waals surface area contributed by atoms with Crippen molar-refractivity contribution in [1.82, 2.24) is 0 Å². The molecule has 80 valence electrons. The summed E-state index contributed by atoms with van der Waals surface area (Å²) in [4.78, 5) is 10.5. The molecular formula is C9H7BiF3NO. The maximum atomic E-state index is 11.8. The van der Waals surface area contributed by atoms with Crippen molar-refractivity contribution in [3.63, 3.8) is 0 Å². The van der Waals surface area contributed by atoms with Crippen LogP contribution in [0.5, 0.6) is 0 Å². The number of rotatable bonds is 1. The number of aryl methyl sites for hydroxylation is 1. The van der Waals surface area contributed by atoms with Crippen molar-refractivity contribution >= 4 is 32.2 Å². The van der Waals surface area contributed by atoms with Crippen LogP contribution in [0, 0.1) is 6.92 Å². The van der Waals surface area contributed by atoms with Gasteiger partial charge in [0, 0.05) is 0 Å². The zero-order valence-corrected chi connectivity index (χ0v) is 11.2. The molecule has 0 atom stereocenters. The van der Waals surface area contributed by atoms with Gasteiger partial charge in [-0.25, -0.2) is 0 Å². The van der Waals surface area contributed by atoms with E-state index < -0.39 is 35.2 Å². The maximum absolute atomic E-state index is 11.8. The van der Waals surface area contributed by atoms with Gasteiger partial charge in [0.15, 0.2) is 0 Å². The second-order valence-electron chi connectivity index (χ2n) is 2.79. The predicted molar refractivity (Wildman–Crippen MR) is 50.1 cm³/mol. The zero-order chi connectivity index (χ0) is 11.5. The summed E-state index contributed by atoms with van der Waals surface area (Å²) in [6, 6.07) is 7.05. The molecule has 0 spiro atoms. The molecule has 0 saturated carbocycles. The molecule has 1 amide bonds. The number of nitrogens with zero attached hydrogens (tertiary/aromatic N) is 1. The van der Waals surface area contributed by atoms with Gasteiger partial charge in [-0.05, 0) is 0 Å². The Balaban J connectivity index is 2.84.